The Morgan fingerprint density at radius 1 is 0.911 bits per heavy atom. The van der Waals surface area contributed by atoms with Gasteiger partial charge in [0.1, 0.15) is 12.4 Å². The van der Waals surface area contributed by atoms with Gasteiger partial charge in [-0.2, -0.15) is 0 Å². The summed E-state index contributed by atoms with van der Waals surface area (Å²) in [6.45, 7) is 2.22. The molecule has 1 aromatic heterocycles. The first-order chi connectivity index (χ1) is 21.9. The van der Waals surface area contributed by atoms with Crippen molar-refractivity contribution in [3.8, 4) is 5.75 Å². The summed E-state index contributed by atoms with van der Waals surface area (Å²) in [6.07, 6.45) is 1.80. The van der Waals surface area contributed by atoms with Gasteiger partial charge in [0.2, 0.25) is 0 Å². The molecule has 0 amide bonds. The summed E-state index contributed by atoms with van der Waals surface area (Å²) in [6, 6.07) is 32.0. The van der Waals surface area contributed by atoms with E-state index in [9.17, 15) is 14.4 Å². The van der Waals surface area contributed by atoms with Gasteiger partial charge in [-0.15, -0.1) is 0 Å². The third-order valence-electron chi connectivity index (χ3n) is 7.27. The quantitative estimate of drug-likeness (QED) is 0.228. The maximum atomic E-state index is 14.0. The summed E-state index contributed by atoms with van der Waals surface area (Å²) in [4.78, 5) is 43.9. The monoisotopic (exact) mass is 616 g/mol. The second kappa shape index (κ2) is 13.0. The van der Waals surface area contributed by atoms with Crippen LogP contribution in [0.3, 0.4) is 0 Å². The molecule has 4 aromatic carbocycles. The molecule has 0 saturated heterocycles. The molecule has 1 aliphatic rings. The number of ether oxygens (including phenoxy) is 2. The Hall–Kier alpha value is -5.54. The van der Waals surface area contributed by atoms with Gasteiger partial charge in [0, 0.05) is 5.56 Å². The lowest BCUT2D eigenvalue weighted by molar-refractivity contribution is -0.138. The van der Waals surface area contributed by atoms with Gasteiger partial charge in [-0.25, -0.2) is 14.6 Å². The summed E-state index contributed by atoms with van der Waals surface area (Å²) in [5.41, 5.74) is 3.92. The van der Waals surface area contributed by atoms with Crippen LogP contribution in [0.4, 0.5) is 0 Å². The highest BCUT2D eigenvalue weighted by molar-refractivity contribution is 7.07. The first-order valence-electron chi connectivity index (χ1n) is 14.3. The first-order valence-corrected chi connectivity index (χ1v) is 15.1. The molecular weight excluding hydrogens is 588 g/mol. The normalized spacial score (nSPS) is 14.4. The average Bonchev–Trinajstić information content (AvgIpc) is 3.38. The Kier molecular flexibility index (Phi) is 8.52. The number of fused-ring (bicyclic) bond motifs is 1. The summed E-state index contributed by atoms with van der Waals surface area (Å²) >= 11 is 1.26. The van der Waals surface area contributed by atoms with Crippen LogP contribution < -0.4 is 19.6 Å². The molecule has 2 heterocycles. The van der Waals surface area contributed by atoms with Gasteiger partial charge < -0.3 is 14.6 Å². The third kappa shape index (κ3) is 6.25. The number of nitrogens with zero attached hydrogens (tertiary/aromatic N) is 2. The van der Waals surface area contributed by atoms with Crippen LogP contribution in [0, 0.1) is 0 Å². The lowest BCUT2D eigenvalue weighted by atomic mass is 9.93. The molecule has 1 N–H and O–H groups in total. The molecular formula is C36H28N2O6S. The van der Waals surface area contributed by atoms with Crippen LogP contribution in [0.1, 0.15) is 45.6 Å². The van der Waals surface area contributed by atoms with Crippen molar-refractivity contribution in [1.29, 1.82) is 0 Å². The van der Waals surface area contributed by atoms with E-state index < -0.39 is 18.0 Å². The van der Waals surface area contributed by atoms with Crippen molar-refractivity contribution in [1.82, 2.24) is 4.57 Å². The molecule has 45 heavy (non-hydrogen) atoms. The van der Waals surface area contributed by atoms with Crippen LogP contribution >= 0.6 is 11.3 Å². The second-order valence-electron chi connectivity index (χ2n) is 10.2. The van der Waals surface area contributed by atoms with Gasteiger partial charge in [-0.1, -0.05) is 96.3 Å². The number of carbonyl (C=O) groups is 2. The number of esters is 1. The summed E-state index contributed by atoms with van der Waals surface area (Å²) < 4.78 is 13.4. The van der Waals surface area contributed by atoms with E-state index in [4.69, 9.17) is 19.6 Å². The Labute approximate surface area is 262 Å². The number of carboxylic acid groups (broad SMARTS) is 1. The average molecular weight is 617 g/mol. The Morgan fingerprint density at radius 2 is 1.58 bits per heavy atom. The lowest BCUT2D eigenvalue weighted by Gasteiger charge is -2.25. The molecule has 5 aromatic rings. The number of benzene rings is 4. The number of thiazole rings is 1. The number of aromatic nitrogens is 1. The fourth-order valence-electron chi connectivity index (χ4n) is 5.11. The Bertz CT molecular complexity index is 2060. The molecule has 6 rings (SSSR count). The van der Waals surface area contributed by atoms with Gasteiger partial charge in [0.15, 0.2) is 4.80 Å². The summed E-state index contributed by atoms with van der Waals surface area (Å²) in [5.74, 6) is -0.861. The summed E-state index contributed by atoms with van der Waals surface area (Å²) in [5, 5.41) is 9.08. The van der Waals surface area contributed by atoms with Crippen LogP contribution in [0.15, 0.2) is 125 Å². The van der Waals surface area contributed by atoms with E-state index in [1.165, 1.54) is 11.3 Å². The molecule has 0 unspecified atom stereocenters. The van der Waals surface area contributed by atoms with E-state index >= 15 is 0 Å². The third-order valence-corrected chi connectivity index (χ3v) is 8.26. The van der Waals surface area contributed by atoms with Gasteiger partial charge >= 0.3 is 11.9 Å². The minimum absolute atomic E-state index is 0.188. The van der Waals surface area contributed by atoms with Crippen LogP contribution in [-0.2, 0) is 16.1 Å². The molecule has 9 heteroatoms. The van der Waals surface area contributed by atoms with Crippen molar-refractivity contribution >= 4 is 35.0 Å². The highest BCUT2D eigenvalue weighted by Gasteiger charge is 2.35. The smallest absolute Gasteiger partial charge is 0.338 e. The number of aromatic carboxylic acids is 1. The van der Waals surface area contributed by atoms with Gasteiger partial charge in [-0.3, -0.25) is 9.36 Å². The maximum Gasteiger partial charge on any atom is 0.338 e. The fourth-order valence-corrected chi connectivity index (χ4v) is 6.11. The second-order valence-corrected chi connectivity index (χ2v) is 11.2. The van der Waals surface area contributed by atoms with E-state index in [2.05, 4.69) is 0 Å². The largest absolute Gasteiger partial charge is 0.489 e. The van der Waals surface area contributed by atoms with E-state index in [-0.39, 0.29) is 24.3 Å². The molecule has 0 bridgehead atoms. The first kappa shape index (κ1) is 29.5. The number of carbonyl (C=O) groups excluding carboxylic acids is 1. The van der Waals surface area contributed by atoms with E-state index in [0.717, 1.165) is 22.3 Å². The van der Waals surface area contributed by atoms with Crippen molar-refractivity contribution in [3.63, 3.8) is 0 Å². The maximum absolute atomic E-state index is 14.0. The number of hydrogen-bond donors (Lipinski definition) is 1. The lowest BCUT2D eigenvalue weighted by Crippen LogP contribution is -2.39. The van der Waals surface area contributed by atoms with Crippen molar-refractivity contribution < 1.29 is 24.2 Å². The molecule has 8 nitrogen and oxygen atoms in total. The summed E-state index contributed by atoms with van der Waals surface area (Å²) in [7, 11) is 0. The van der Waals surface area contributed by atoms with Crippen LogP contribution in [0.5, 0.6) is 5.75 Å². The fraction of sp³-hybridized carbons (Fsp3) is 0.111. The molecule has 0 radical (unpaired) electrons. The zero-order valence-corrected chi connectivity index (χ0v) is 25.1. The molecule has 0 fully saturated rings. The highest BCUT2D eigenvalue weighted by Crippen LogP contribution is 2.35. The Morgan fingerprint density at radius 3 is 2.22 bits per heavy atom. The molecule has 0 spiro atoms. The SMILES string of the molecule is CCOC(=O)C1=C(c2ccccc2)N=c2s/c(=C/c3ccc(OCc4ccc(C(=O)O)cc4)cc3)c(=O)n2[C@H]1c1ccccc1. The molecule has 1 aliphatic heterocycles. The topological polar surface area (TPSA) is 107 Å². The van der Waals surface area contributed by atoms with Crippen molar-refractivity contribution in [3.05, 3.63) is 162 Å². The molecule has 0 aliphatic carbocycles. The predicted molar refractivity (Wildman–Crippen MR) is 172 cm³/mol. The van der Waals surface area contributed by atoms with Crippen molar-refractivity contribution in [2.24, 2.45) is 4.99 Å². The minimum atomic E-state index is -0.975. The number of rotatable bonds is 9. The highest BCUT2D eigenvalue weighted by atomic mass is 32.1. The minimum Gasteiger partial charge on any atom is -0.489 e. The van der Waals surface area contributed by atoms with E-state index in [1.54, 1.807) is 41.8 Å². The number of carboxylic acids is 1. The van der Waals surface area contributed by atoms with Gasteiger partial charge in [-0.05, 0) is 54.0 Å². The van der Waals surface area contributed by atoms with Gasteiger partial charge in [0.05, 0.1) is 34.0 Å². The molecule has 1 atom stereocenters. The van der Waals surface area contributed by atoms with Crippen LogP contribution in [0.2, 0.25) is 0 Å². The van der Waals surface area contributed by atoms with E-state index in [0.29, 0.717) is 26.4 Å². The van der Waals surface area contributed by atoms with Crippen LogP contribution in [-0.4, -0.2) is 28.2 Å². The van der Waals surface area contributed by atoms with Crippen molar-refractivity contribution in [2.75, 3.05) is 6.61 Å². The zero-order valence-electron chi connectivity index (χ0n) is 24.3. The van der Waals surface area contributed by atoms with Gasteiger partial charge in [0.25, 0.3) is 5.56 Å². The van der Waals surface area contributed by atoms with E-state index in [1.807, 2.05) is 84.9 Å². The molecule has 224 valence electrons. The van der Waals surface area contributed by atoms with Crippen molar-refractivity contribution in [2.45, 2.75) is 19.6 Å². The Balaban J connectivity index is 1.37. The predicted octanol–water partition coefficient (Wildman–Crippen LogP) is 5.21. The van der Waals surface area contributed by atoms with Crippen LogP contribution in [0.25, 0.3) is 11.8 Å². The zero-order chi connectivity index (χ0) is 31.3. The standard InChI is InChI=1S/C36H28N2O6S/c1-2-43-35(42)30-31(25-9-5-3-6-10-25)37-36-38(32(30)26-11-7-4-8-12-26)33(39)29(45-36)21-23-15-19-28(20-16-23)44-22-24-13-17-27(18-14-24)34(40)41/h3-21,32H,2,22H2,1H3,(H,40,41)/b29-21+/t32-/m0/s1. The number of hydrogen-bond acceptors (Lipinski definition) is 7. The molecule has 0 saturated carbocycles.